The quantitative estimate of drug-likeness (QED) is 0.271. The van der Waals surface area contributed by atoms with E-state index >= 15 is 0 Å². The number of unbranched alkanes of at least 4 members (excludes halogenated alkanes) is 6. The Labute approximate surface area is 125 Å². The smallest absolute Gasteiger partial charge is 0.313 e. The molecule has 0 aliphatic carbocycles. The molecule has 0 bridgehead atoms. The Morgan fingerprint density at radius 1 is 0.850 bits per heavy atom. The lowest BCUT2D eigenvalue weighted by Gasteiger charge is -2.17. The molecule has 0 spiro atoms. The number of esters is 1. The van der Waals surface area contributed by atoms with E-state index in [4.69, 9.17) is 4.74 Å². The Hall–Kier alpha value is -0.300. The van der Waals surface area contributed by atoms with E-state index in [1.165, 1.54) is 25.7 Å². The maximum absolute atomic E-state index is 12.9. The van der Waals surface area contributed by atoms with Crippen molar-refractivity contribution in [2.75, 3.05) is 25.1 Å². The number of hydrogen-bond donors (Lipinski definition) is 0. The van der Waals surface area contributed by atoms with Crippen molar-refractivity contribution >= 4 is 13.1 Å². The second-order valence-corrected chi connectivity index (χ2v) is 8.92. The molecule has 0 aromatic rings. The first-order chi connectivity index (χ1) is 9.58. The zero-order valence-electron chi connectivity index (χ0n) is 13.7. The third-order valence-electron chi connectivity index (χ3n) is 3.56. The largest absolute Gasteiger partial charge is 0.466 e. The molecule has 0 N–H and O–H groups in total. The molecular weight excluding hydrogens is 271 g/mol. The van der Waals surface area contributed by atoms with Crippen LogP contribution in [0.2, 0.25) is 0 Å². The van der Waals surface area contributed by atoms with E-state index in [-0.39, 0.29) is 12.1 Å². The van der Waals surface area contributed by atoms with Gasteiger partial charge in [0.15, 0.2) is 0 Å². The lowest BCUT2D eigenvalue weighted by Crippen LogP contribution is -2.13. The van der Waals surface area contributed by atoms with Crippen LogP contribution < -0.4 is 0 Å². The van der Waals surface area contributed by atoms with Gasteiger partial charge in [-0.3, -0.25) is 4.79 Å². The molecule has 0 aliphatic heterocycles. The fourth-order valence-electron chi connectivity index (χ4n) is 2.37. The summed E-state index contributed by atoms with van der Waals surface area (Å²) in [5, 5.41) is 0. The van der Waals surface area contributed by atoms with E-state index in [2.05, 4.69) is 13.8 Å². The van der Waals surface area contributed by atoms with Crippen LogP contribution in [0.1, 0.15) is 72.1 Å². The summed E-state index contributed by atoms with van der Waals surface area (Å²) in [6, 6.07) is 0. The summed E-state index contributed by atoms with van der Waals surface area (Å²) in [6.45, 7) is 6.52. The molecule has 0 rings (SSSR count). The molecule has 0 unspecified atom stereocenters. The molecule has 0 fully saturated rings. The van der Waals surface area contributed by atoms with Crippen LogP contribution in [0.15, 0.2) is 0 Å². The highest BCUT2D eigenvalue weighted by Gasteiger charge is 2.25. The van der Waals surface area contributed by atoms with Crippen molar-refractivity contribution in [1.82, 2.24) is 0 Å². The fourth-order valence-corrected chi connectivity index (χ4v) is 5.07. The molecular formula is C16H33O3P. The molecule has 0 saturated carbocycles. The number of carbonyl (C=O) groups is 1. The first kappa shape index (κ1) is 19.7. The second-order valence-electron chi connectivity index (χ2n) is 5.59. The first-order valence-electron chi connectivity index (χ1n) is 8.30. The third kappa shape index (κ3) is 10.5. The highest BCUT2D eigenvalue weighted by Crippen LogP contribution is 2.47. The van der Waals surface area contributed by atoms with Crippen LogP contribution in [0.5, 0.6) is 0 Å². The lowest BCUT2D eigenvalue weighted by atomic mass is 10.2. The van der Waals surface area contributed by atoms with E-state index in [1.807, 2.05) is 0 Å². The van der Waals surface area contributed by atoms with E-state index in [9.17, 15) is 9.36 Å². The van der Waals surface area contributed by atoms with Crippen molar-refractivity contribution in [2.24, 2.45) is 0 Å². The normalized spacial score (nSPS) is 11.6. The average Bonchev–Trinajstić information content (AvgIpc) is 2.40. The van der Waals surface area contributed by atoms with Gasteiger partial charge in [0.05, 0.1) is 19.9 Å². The van der Waals surface area contributed by atoms with Gasteiger partial charge in [-0.05, 0) is 19.8 Å². The van der Waals surface area contributed by atoms with Crippen molar-refractivity contribution in [3.05, 3.63) is 0 Å². The summed E-state index contributed by atoms with van der Waals surface area (Å²) in [5.41, 5.74) is 0. The van der Waals surface area contributed by atoms with Gasteiger partial charge in [-0.2, -0.15) is 0 Å². The van der Waals surface area contributed by atoms with E-state index < -0.39 is 7.14 Å². The summed E-state index contributed by atoms with van der Waals surface area (Å²) in [4.78, 5) is 11.6. The molecule has 0 aliphatic rings. The van der Waals surface area contributed by atoms with Gasteiger partial charge in [0.2, 0.25) is 0 Å². The summed E-state index contributed by atoms with van der Waals surface area (Å²) >= 11 is 0. The number of rotatable bonds is 13. The van der Waals surface area contributed by atoms with Crippen LogP contribution in [-0.2, 0) is 14.1 Å². The molecule has 0 radical (unpaired) electrons. The summed E-state index contributed by atoms with van der Waals surface area (Å²) in [6.07, 6.45) is 10.5. The zero-order valence-corrected chi connectivity index (χ0v) is 14.6. The van der Waals surface area contributed by atoms with Crippen LogP contribution in [0.25, 0.3) is 0 Å². The standard InChI is InChI=1S/C16H33O3P/c1-4-7-9-11-13-20(18,14-12-10-8-5-2)15-16(17)19-6-3/h4-15H2,1-3H3. The lowest BCUT2D eigenvalue weighted by molar-refractivity contribution is -0.140. The third-order valence-corrected chi connectivity index (χ3v) is 6.66. The summed E-state index contributed by atoms with van der Waals surface area (Å²) in [5.74, 6) is -0.276. The zero-order chi connectivity index (χ0) is 15.3. The highest BCUT2D eigenvalue weighted by atomic mass is 31.2. The van der Waals surface area contributed by atoms with Crippen molar-refractivity contribution < 1.29 is 14.1 Å². The summed E-state index contributed by atoms with van der Waals surface area (Å²) < 4.78 is 17.9. The van der Waals surface area contributed by atoms with Gasteiger partial charge >= 0.3 is 5.97 Å². The van der Waals surface area contributed by atoms with E-state index in [0.29, 0.717) is 6.61 Å². The maximum atomic E-state index is 12.9. The van der Waals surface area contributed by atoms with Crippen molar-refractivity contribution in [2.45, 2.75) is 72.1 Å². The molecule has 0 amide bonds. The topological polar surface area (TPSA) is 43.4 Å². The molecule has 20 heavy (non-hydrogen) atoms. The highest BCUT2D eigenvalue weighted by molar-refractivity contribution is 7.64. The van der Waals surface area contributed by atoms with Crippen LogP contribution in [0, 0.1) is 0 Å². The molecule has 0 saturated heterocycles. The maximum Gasteiger partial charge on any atom is 0.313 e. The van der Waals surface area contributed by atoms with Crippen LogP contribution in [-0.4, -0.2) is 31.1 Å². The fraction of sp³-hybridized carbons (Fsp3) is 0.938. The first-order valence-corrected chi connectivity index (χ1v) is 10.6. The van der Waals surface area contributed by atoms with E-state index in [0.717, 1.165) is 38.0 Å². The number of hydrogen-bond acceptors (Lipinski definition) is 3. The molecule has 0 atom stereocenters. The van der Waals surface area contributed by atoms with Crippen molar-refractivity contribution in [1.29, 1.82) is 0 Å². The van der Waals surface area contributed by atoms with Crippen molar-refractivity contribution in [3.63, 3.8) is 0 Å². The average molecular weight is 304 g/mol. The minimum absolute atomic E-state index is 0.152. The predicted molar refractivity (Wildman–Crippen MR) is 87.1 cm³/mol. The van der Waals surface area contributed by atoms with Gasteiger partial charge < -0.3 is 9.30 Å². The predicted octanol–water partition coefficient (Wildman–Crippen LogP) is 5.07. The van der Waals surface area contributed by atoms with Gasteiger partial charge in [-0.1, -0.05) is 52.4 Å². The molecule has 0 aromatic carbocycles. The minimum Gasteiger partial charge on any atom is -0.466 e. The van der Waals surface area contributed by atoms with Gasteiger partial charge in [-0.15, -0.1) is 0 Å². The summed E-state index contributed by atoms with van der Waals surface area (Å²) in [7, 11) is -2.36. The molecule has 4 heteroatoms. The Bertz CT molecular complexity index is 273. The van der Waals surface area contributed by atoms with Gasteiger partial charge in [-0.25, -0.2) is 0 Å². The SMILES string of the molecule is CCCCCCP(=O)(CCCCCC)CC(=O)OCC. The second kappa shape index (κ2) is 12.4. The minimum atomic E-state index is -2.36. The van der Waals surface area contributed by atoms with Gasteiger partial charge in [0.1, 0.15) is 0 Å². The number of ether oxygens (including phenoxy) is 1. The monoisotopic (exact) mass is 304 g/mol. The van der Waals surface area contributed by atoms with E-state index in [1.54, 1.807) is 6.92 Å². The Morgan fingerprint density at radius 3 is 1.75 bits per heavy atom. The van der Waals surface area contributed by atoms with Crippen LogP contribution in [0.4, 0.5) is 0 Å². The van der Waals surface area contributed by atoms with Gasteiger partial charge in [0.25, 0.3) is 0 Å². The molecule has 3 nitrogen and oxygen atoms in total. The van der Waals surface area contributed by atoms with Gasteiger partial charge in [0, 0.05) is 12.3 Å². The molecule has 0 aromatic heterocycles. The number of carbonyl (C=O) groups excluding carboxylic acids is 1. The molecule has 120 valence electrons. The molecule has 0 heterocycles. The van der Waals surface area contributed by atoms with Crippen LogP contribution >= 0.6 is 7.14 Å². The Morgan fingerprint density at radius 2 is 1.35 bits per heavy atom. The van der Waals surface area contributed by atoms with Crippen LogP contribution in [0.3, 0.4) is 0 Å². The Balaban J connectivity index is 4.26. The Kier molecular flexibility index (Phi) is 12.3. The van der Waals surface area contributed by atoms with Crippen molar-refractivity contribution in [3.8, 4) is 0 Å².